The Kier molecular flexibility index (Phi) is 6.19. The Hall–Kier alpha value is -2.89. The molecule has 1 aliphatic heterocycles. The number of carbonyl (C=O) groups is 1. The smallest absolute Gasteiger partial charge is 0.225 e. The Morgan fingerprint density at radius 1 is 1.23 bits per heavy atom. The first kappa shape index (κ1) is 17.9. The van der Waals surface area contributed by atoms with Gasteiger partial charge in [0.25, 0.3) is 0 Å². The number of guanidine groups is 1. The third kappa shape index (κ3) is 4.81. The first-order valence-corrected chi connectivity index (χ1v) is 9.07. The normalized spacial score (nSPS) is 16.6. The molecule has 1 atom stereocenters. The van der Waals surface area contributed by atoms with Gasteiger partial charge in [-0.25, -0.2) is 0 Å². The lowest BCUT2D eigenvalue weighted by atomic mass is 9.91. The number of fused-ring (bicyclic) bond motifs is 1. The third-order valence-corrected chi connectivity index (χ3v) is 4.32. The number of nitrogens with one attached hydrogen (secondary N) is 3. The number of hydrogen-bond donors (Lipinski definition) is 3. The van der Waals surface area contributed by atoms with Gasteiger partial charge in [-0.2, -0.15) is 0 Å². The number of nitrogens with zero attached hydrogens (tertiary/aromatic N) is 2. The summed E-state index contributed by atoms with van der Waals surface area (Å²) in [5, 5.41) is 9.53. The number of rotatable bonds is 6. The lowest BCUT2D eigenvalue weighted by Crippen LogP contribution is -2.39. The summed E-state index contributed by atoms with van der Waals surface area (Å²) in [6, 6.07) is 13.9. The number of aromatic nitrogens is 1. The molecule has 0 aliphatic carbocycles. The number of pyridine rings is 1. The Labute approximate surface area is 154 Å². The van der Waals surface area contributed by atoms with Gasteiger partial charge in [0.1, 0.15) is 0 Å². The molecule has 136 valence electrons. The van der Waals surface area contributed by atoms with E-state index in [2.05, 4.69) is 27.0 Å². The van der Waals surface area contributed by atoms with Gasteiger partial charge >= 0.3 is 0 Å². The van der Waals surface area contributed by atoms with Gasteiger partial charge in [0.15, 0.2) is 5.96 Å². The SMILES string of the molecule is CCNC(=NCC1CC(=O)Nc2ccccc21)NCCc1ccccn1. The summed E-state index contributed by atoms with van der Waals surface area (Å²) < 4.78 is 0. The molecule has 3 N–H and O–H groups in total. The average molecular weight is 351 g/mol. The van der Waals surface area contributed by atoms with E-state index in [-0.39, 0.29) is 11.8 Å². The molecule has 26 heavy (non-hydrogen) atoms. The average Bonchev–Trinajstić information content (AvgIpc) is 2.66. The predicted octanol–water partition coefficient (Wildman–Crippen LogP) is 2.31. The van der Waals surface area contributed by atoms with Crippen molar-refractivity contribution in [2.75, 3.05) is 25.0 Å². The van der Waals surface area contributed by atoms with Gasteiger partial charge in [-0.05, 0) is 30.7 Å². The van der Waals surface area contributed by atoms with Crippen LogP contribution in [-0.4, -0.2) is 36.5 Å². The Balaban J connectivity index is 1.61. The van der Waals surface area contributed by atoms with Gasteiger partial charge < -0.3 is 16.0 Å². The maximum Gasteiger partial charge on any atom is 0.225 e. The highest BCUT2D eigenvalue weighted by Crippen LogP contribution is 2.31. The van der Waals surface area contributed by atoms with E-state index in [1.165, 1.54) is 0 Å². The number of amides is 1. The van der Waals surface area contributed by atoms with Crippen LogP contribution in [0.2, 0.25) is 0 Å². The van der Waals surface area contributed by atoms with Crippen molar-refractivity contribution in [3.05, 3.63) is 59.9 Å². The highest BCUT2D eigenvalue weighted by Gasteiger charge is 2.24. The van der Waals surface area contributed by atoms with Crippen LogP contribution < -0.4 is 16.0 Å². The Morgan fingerprint density at radius 3 is 2.88 bits per heavy atom. The molecule has 0 fully saturated rings. The Bertz CT molecular complexity index is 760. The molecule has 1 unspecified atom stereocenters. The molecule has 6 nitrogen and oxygen atoms in total. The number of carbonyl (C=O) groups excluding carboxylic acids is 1. The van der Waals surface area contributed by atoms with Crippen molar-refractivity contribution in [2.45, 2.75) is 25.7 Å². The minimum atomic E-state index is 0.0528. The van der Waals surface area contributed by atoms with Crippen molar-refractivity contribution >= 4 is 17.6 Å². The summed E-state index contributed by atoms with van der Waals surface area (Å²) >= 11 is 0. The van der Waals surface area contributed by atoms with Crippen molar-refractivity contribution in [1.82, 2.24) is 15.6 Å². The van der Waals surface area contributed by atoms with E-state index in [0.717, 1.165) is 42.4 Å². The predicted molar refractivity (Wildman–Crippen MR) is 104 cm³/mol. The van der Waals surface area contributed by atoms with E-state index >= 15 is 0 Å². The molecule has 3 rings (SSSR count). The van der Waals surface area contributed by atoms with Crippen LogP contribution >= 0.6 is 0 Å². The summed E-state index contributed by atoms with van der Waals surface area (Å²) in [5.74, 6) is 0.926. The van der Waals surface area contributed by atoms with Crippen LogP contribution in [0.1, 0.15) is 30.5 Å². The van der Waals surface area contributed by atoms with Gasteiger partial charge in [-0.3, -0.25) is 14.8 Å². The molecule has 0 saturated carbocycles. The van der Waals surface area contributed by atoms with Crippen LogP contribution in [-0.2, 0) is 11.2 Å². The molecule has 1 amide bonds. The fourth-order valence-corrected chi connectivity index (χ4v) is 3.06. The first-order valence-electron chi connectivity index (χ1n) is 9.07. The van der Waals surface area contributed by atoms with Crippen molar-refractivity contribution in [2.24, 2.45) is 4.99 Å². The van der Waals surface area contributed by atoms with Gasteiger partial charge in [-0.15, -0.1) is 0 Å². The number of aliphatic imine (C=N–C) groups is 1. The maximum atomic E-state index is 11.9. The minimum Gasteiger partial charge on any atom is -0.357 e. The van der Waals surface area contributed by atoms with Gasteiger partial charge in [-0.1, -0.05) is 24.3 Å². The number of anilines is 1. The van der Waals surface area contributed by atoms with Crippen LogP contribution in [0.25, 0.3) is 0 Å². The molecule has 0 bridgehead atoms. The quantitative estimate of drug-likeness (QED) is 0.551. The summed E-state index contributed by atoms with van der Waals surface area (Å²) in [4.78, 5) is 21.0. The molecule has 2 aromatic rings. The number of benzene rings is 1. The van der Waals surface area contributed by atoms with E-state index in [1.54, 1.807) is 6.20 Å². The molecular weight excluding hydrogens is 326 g/mol. The third-order valence-electron chi connectivity index (χ3n) is 4.32. The second-order valence-electron chi connectivity index (χ2n) is 6.25. The summed E-state index contributed by atoms with van der Waals surface area (Å²) in [6.07, 6.45) is 3.11. The van der Waals surface area contributed by atoms with Gasteiger partial charge in [0.05, 0.1) is 6.54 Å². The second kappa shape index (κ2) is 8.99. The highest BCUT2D eigenvalue weighted by atomic mass is 16.1. The second-order valence-corrected chi connectivity index (χ2v) is 6.25. The van der Waals surface area contributed by atoms with Crippen LogP contribution in [0.5, 0.6) is 0 Å². The molecule has 2 heterocycles. The number of hydrogen-bond acceptors (Lipinski definition) is 3. The standard InChI is InChI=1S/C20H25N5O/c1-2-21-20(23-12-10-16-7-5-6-11-22-16)24-14-15-13-19(26)25-18-9-4-3-8-17(15)18/h3-9,11,15H,2,10,12-14H2,1H3,(H,25,26)(H2,21,23,24). The largest absolute Gasteiger partial charge is 0.357 e. The lowest BCUT2D eigenvalue weighted by molar-refractivity contribution is -0.116. The van der Waals surface area contributed by atoms with Crippen molar-refractivity contribution in [3.63, 3.8) is 0 Å². The monoisotopic (exact) mass is 351 g/mol. The molecule has 0 radical (unpaired) electrons. The first-order chi connectivity index (χ1) is 12.8. The van der Waals surface area contributed by atoms with Crippen LogP contribution in [0.15, 0.2) is 53.7 Å². The van der Waals surface area contributed by atoms with Crippen molar-refractivity contribution in [3.8, 4) is 0 Å². The van der Waals surface area contributed by atoms with Crippen molar-refractivity contribution < 1.29 is 4.79 Å². The lowest BCUT2D eigenvalue weighted by Gasteiger charge is -2.24. The topological polar surface area (TPSA) is 78.4 Å². The highest BCUT2D eigenvalue weighted by molar-refractivity contribution is 5.94. The van der Waals surface area contributed by atoms with Crippen LogP contribution in [0, 0.1) is 0 Å². The maximum absolute atomic E-state index is 11.9. The van der Waals surface area contributed by atoms with E-state index in [0.29, 0.717) is 13.0 Å². The van der Waals surface area contributed by atoms with Crippen LogP contribution in [0.4, 0.5) is 5.69 Å². The van der Waals surface area contributed by atoms with Crippen molar-refractivity contribution in [1.29, 1.82) is 0 Å². The number of para-hydroxylation sites is 1. The molecule has 1 aromatic carbocycles. The zero-order valence-corrected chi connectivity index (χ0v) is 15.0. The molecular formula is C20H25N5O. The summed E-state index contributed by atoms with van der Waals surface area (Å²) in [7, 11) is 0. The molecule has 0 spiro atoms. The van der Waals surface area contributed by atoms with E-state index in [1.807, 2.05) is 43.3 Å². The zero-order chi connectivity index (χ0) is 18.2. The minimum absolute atomic E-state index is 0.0528. The van der Waals surface area contributed by atoms with E-state index in [9.17, 15) is 4.79 Å². The molecule has 1 aliphatic rings. The molecule has 1 aromatic heterocycles. The van der Waals surface area contributed by atoms with E-state index < -0.39 is 0 Å². The zero-order valence-electron chi connectivity index (χ0n) is 15.0. The van der Waals surface area contributed by atoms with Crippen LogP contribution in [0.3, 0.4) is 0 Å². The molecule has 0 saturated heterocycles. The summed E-state index contributed by atoms with van der Waals surface area (Å²) in [6.45, 7) is 4.16. The van der Waals surface area contributed by atoms with E-state index in [4.69, 9.17) is 4.99 Å². The van der Waals surface area contributed by atoms with Gasteiger partial charge in [0, 0.05) is 49.4 Å². The summed E-state index contributed by atoms with van der Waals surface area (Å²) in [5.41, 5.74) is 3.10. The fraction of sp³-hybridized carbons (Fsp3) is 0.350. The van der Waals surface area contributed by atoms with Gasteiger partial charge in [0.2, 0.25) is 5.91 Å². The Morgan fingerprint density at radius 2 is 2.08 bits per heavy atom. The fourth-order valence-electron chi connectivity index (χ4n) is 3.06. The molecule has 6 heteroatoms.